The van der Waals surface area contributed by atoms with Crippen LogP contribution in [0, 0.1) is 23.2 Å². The first-order chi connectivity index (χ1) is 10.6. The van der Waals surface area contributed by atoms with Crippen LogP contribution in [0.4, 0.5) is 0 Å². The largest absolute Gasteiger partial charge is 0.352 e. The van der Waals surface area contributed by atoms with Crippen LogP contribution >= 0.6 is 0 Å². The van der Waals surface area contributed by atoms with Crippen LogP contribution in [-0.2, 0) is 0 Å². The summed E-state index contributed by atoms with van der Waals surface area (Å²) in [6.07, 6.45) is 10.9. The lowest BCUT2D eigenvalue weighted by atomic mass is 9.49. The normalized spacial score (nSPS) is 35.5. The summed E-state index contributed by atoms with van der Waals surface area (Å²) >= 11 is 0. The zero-order chi connectivity index (χ0) is 15.2. The SMILES string of the molecule is O=C(NCCC12CC3CC(CC(C3)C1)C2)c1cn[nH]c(=O)c1. The molecule has 1 aromatic heterocycles. The molecule has 22 heavy (non-hydrogen) atoms. The summed E-state index contributed by atoms with van der Waals surface area (Å²) in [5, 5.41) is 8.93. The molecule has 4 aliphatic carbocycles. The molecule has 1 aromatic rings. The minimum Gasteiger partial charge on any atom is -0.352 e. The van der Waals surface area contributed by atoms with Gasteiger partial charge in [-0.2, -0.15) is 5.10 Å². The van der Waals surface area contributed by atoms with Gasteiger partial charge in [-0.1, -0.05) is 0 Å². The molecule has 5 rings (SSSR count). The smallest absolute Gasteiger partial charge is 0.264 e. The number of hydrogen-bond donors (Lipinski definition) is 2. The van der Waals surface area contributed by atoms with Crippen molar-refractivity contribution in [2.75, 3.05) is 6.54 Å². The van der Waals surface area contributed by atoms with Crippen molar-refractivity contribution in [2.45, 2.75) is 44.9 Å². The first-order valence-corrected chi connectivity index (χ1v) is 8.45. The molecule has 5 nitrogen and oxygen atoms in total. The van der Waals surface area contributed by atoms with Gasteiger partial charge in [-0.05, 0) is 68.1 Å². The fourth-order valence-electron chi connectivity index (χ4n) is 5.64. The van der Waals surface area contributed by atoms with Crippen LogP contribution in [0.25, 0.3) is 0 Å². The van der Waals surface area contributed by atoms with E-state index in [0.29, 0.717) is 17.5 Å². The molecular weight excluding hydrogens is 278 g/mol. The molecule has 4 saturated carbocycles. The number of carbonyl (C=O) groups is 1. The fraction of sp³-hybridized carbons (Fsp3) is 0.706. The van der Waals surface area contributed by atoms with Gasteiger partial charge in [0.05, 0.1) is 11.8 Å². The molecule has 118 valence electrons. The molecule has 4 bridgehead atoms. The van der Waals surface area contributed by atoms with Crippen LogP contribution in [0.5, 0.6) is 0 Å². The molecule has 4 fully saturated rings. The van der Waals surface area contributed by atoms with E-state index in [1.165, 1.54) is 50.8 Å². The molecule has 0 atom stereocenters. The van der Waals surface area contributed by atoms with E-state index >= 15 is 0 Å². The first-order valence-electron chi connectivity index (χ1n) is 8.45. The lowest BCUT2D eigenvalue weighted by molar-refractivity contribution is -0.0564. The molecule has 4 aliphatic rings. The zero-order valence-electron chi connectivity index (χ0n) is 12.8. The minimum absolute atomic E-state index is 0.191. The highest BCUT2D eigenvalue weighted by Crippen LogP contribution is 2.61. The summed E-state index contributed by atoms with van der Waals surface area (Å²) in [5.74, 6) is 2.64. The molecule has 2 N–H and O–H groups in total. The van der Waals surface area contributed by atoms with Crippen molar-refractivity contribution < 1.29 is 4.79 Å². The molecule has 0 aliphatic heterocycles. The summed E-state index contributed by atoms with van der Waals surface area (Å²) in [5.41, 5.74) is 0.483. The number of aromatic amines is 1. The Balaban J connectivity index is 1.35. The molecule has 1 heterocycles. The van der Waals surface area contributed by atoms with Gasteiger partial charge in [0.25, 0.3) is 11.5 Å². The maximum absolute atomic E-state index is 12.1. The maximum atomic E-state index is 12.1. The van der Waals surface area contributed by atoms with Crippen molar-refractivity contribution >= 4 is 5.91 Å². The van der Waals surface area contributed by atoms with Crippen molar-refractivity contribution in [3.63, 3.8) is 0 Å². The van der Waals surface area contributed by atoms with Gasteiger partial charge >= 0.3 is 0 Å². The standard InChI is InChI=1S/C17H23N3O2/c21-15-6-14(10-19-20-15)16(22)18-2-1-17-7-11-3-12(8-17)5-13(4-11)9-17/h6,10-13H,1-5,7-9H2,(H,18,22)(H,20,21). The Morgan fingerprint density at radius 3 is 2.45 bits per heavy atom. The number of amides is 1. The molecule has 0 radical (unpaired) electrons. The zero-order valence-corrected chi connectivity index (χ0v) is 12.8. The second-order valence-corrected chi connectivity index (χ2v) is 7.76. The van der Waals surface area contributed by atoms with Crippen LogP contribution in [0.3, 0.4) is 0 Å². The third kappa shape index (κ3) is 2.57. The number of rotatable bonds is 4. The highest BCUT2D eigenvalue weighted by Gasteiger charge is 2.50. The molecular formula is C17H23N3O2. The lowest BCUT2D eigenvalue weighted by Crippen LogP contribution is -2.47. The highest BCUT2D eigenvalue weighted by atomic mass is 16.2. The van der Waals surface area contributed by atoms with Gasteiger partial charge < -0.3 is 5.32 Å². The predicted octanol–water partition coefficient (Wildman–Crippen LogP) is 2.11. The third-order valence-corrected chi connectivity index (χ3v) is 6.03. The Kier molecular flexibility index (Phi) is 3.31. The Morgan fingerprint density at radius 2 is 1.86 bits per heavy atom. The van der Waals surface area contributed by atoms with Crippen molar-refractivity contribution in [3.05, 3.63) is 28.2 Å². The van der Waals surface area contributed by atoms with Gasteiger partial charge in [0, 0.05) is 12.6 Å². The average molecular weight is 301 g/mol. The number of H-pyrrole nitrogens is 1. The Bertz CT molecular complexity index is 602. The fourth-order valence-corrected chi connectivity index (χ4v) is 5.64. The average Bonchev–Trinajstić information content (AvgIpc) is 2.45. The van der Waals surface area contributed by atoms with Crippen LogP contribution in [0.15, 0.2) is 17.1 Å². The van der Waals surface area contributed by atoms with Crippen molar-refractivity contribution in [3.8, 4) is 0 Å². The predicted molar refractivity (Wildman–Crippen MR) is 82.4 cm³/mol. The Morgan fingerprint density at radius 1 is 1.23 bits per heavy atom. The molecule has 0 saturated heterocycles. The van der Waals surface area contributed by atoms with Crippen molar-refractivity contribution in [1.29, 1.82) is 0 Å². The van der Waals surface area contributed by atoms with E-state index in [-0.39, 0.29) is 11.5 Å². The van der Waals surface area contributed by atoms with Gasteiger partial charge in [-0.3, -0.25) is 9.59 Å². The number of nitrogens with zero attached hydrogens (tertiary/aromatic N) is 1. The Labute approximate surface area is 129 Å². The Hall–Kier alpha value is -1.65. The number of hydrogen-bond acceptors (Lipinski definition) is 3. The molecule has 0 unspecified atom stereocenters. The van der Waals surface area contributed by atoms with Gasteiger partial charge in [0.2, 0.25) is 0 Å². The van der Waals surface area contributed by atoms with E-state index in [9.17, 15) is 9.59 Å². The summed E-state index contributed by atoms with van der Waals surface area (Å²) in [6, 6.07) is 1.30. The van der Waals surface area contributed by atoms with Crippen LogP contribution < -0.4 is 10.9 Å². The summed E-state index contributed by atoms with van der Waals surface area (Å²) in [4.78, 5) is 23.3. The number of nitrogens with one attached hydrogen (secondary N) is 2. The topological polar surface area (TPSA) is 74.8 Å². The summed E-state index contributed by atoms with van der Waals surface area (Å²) in [6.45, 7) is 0.706. The highest BCUT2D eigenvalue weighted by molar-refractivity contribution is 5.93. The van der Waals surface area contributed by atoms with E-state index in [1.807, 2.05) is 0 Å². The van der Waals surface area contributed by atoms with Crippen LogP contribution in [0.1, 0.15) is 55.3 Å². The van der Waals surface area contributed by atoms with E-state index in [0.717, 1.165) is 24.2 Å². The lowest BCUT2D eigenvalue weighted by Gasteiger charge is -2.57. The van der Waals surface area contributed by atoms with E-state index in [1.54, 1.807) is 0 Å². The van der Waals surface area contributed by atoms with Gasteiger partial charge in [-0.15, -0.1) is 0 Å². The quantitative estimate of drug-likeness (QED) is 0.894. The third-order valence-electron chi connectivity index (χ3n) is 6.03. The van der Waals surface area contributed by atoms with Crippen LogP contribution in [-0.4, -0.2) is 22.6 Å². The second-order valence-electron chi connectivity index (χ2n) is 7.76. The number of carbonyl (C=O) groups excluding carboxylic acids is 1. The van der Waals surface area contributed by atoms with E-state index in [2.05, 4.69) is 15.5 Å². The van der Waals surface area contributed by atoms with Crippen molar-refractivity contribution in [1.82, 2.24) is 15.5 Å². The minimum atomic E-state index is -0.339. The maximum Gasteiger partial charge on any atom is 0.264 e. The first kappa shape index (κ1) is 14.0. The van der Waals surface area contributed by atoms with Gasteiger partial charge in [0.1, 0.15) is 0 Å². The molecule has 5 heteroatoms. The molecule has 0 aromatic carbocycles. The number of aromatic nitrogens is 2. The molecule has 0 spiro atoms. The molecule has 1 amide bonds. The monoisotopic (exact) mass is 301 g/mol. The van der Waals surface area contributed by atoms with E-state index < -0.39 is 0 Å². The van der Waals surface area contributed by atoms with Gasteiger partial charge in [0.15, 0.2) is 0 Å². The van der Waals surface area contributed by atoms with E-state index in [4.69, 9.17) is 0 Å². The second kappa shape index (κ2) is 5.21. The van der Waals surface area contributed by atoms with Crippen molar-refractivity contribution in [2.24, 2.45) is 23.2 Å². The van der Waals surface area contributed by atoms with Gasteiger partial charge in [-0.25, -0.2) is 5.10 Å². The summed E-state index contributed by atoms with van der Waals surface area (Å²) in [7, 11) is 0. The van der Waals surface area contributed by atoms with Crippen LogP contribution in [0.2, 0.25) is 0 Å². The summed E-state index contributed by atoms with van der Waals surface area (Å²) < 4.78 is 0.